The molecule has 0 spiro atoms. The van der Waals surface area contributed by atoms with E-state index < -0.39 is 0 Å². The Kier molecular flexibility index (Phi) is 4.26. The van der Waals surface area contributed by atoms with Crippen LogP contribution in [0.4, 0.5) is 5.69 Å². The fraction of sp³-hybridized carbons (Fsp3) is 0.167. The molecule has 0 radical (unpaired) electrons. The molecule has 0 amide bonds. The van der Waals surface area contributed by atoms with E-state index in [4.69, 9.17) is 0 Å². The Hall–Kier alpha value is -3.00. The van der Waals surface area contributed by atoms with Gasteiger partial charge in [-0.15, -0.1) is 0 Å². The van der Waals surface area contributed by atoms with Crippen molar-refractivity contribution < 1.29 is 0 Å². The summed E-state index contributed by atoms with van der Waals surface area (Å²) in [6.07, 6.45) is 4.23. The standard InChI is InChI=1S/C24H24N2/c1-18-15-22(20-7-5-4-6-8-20)16-19(2)24(18)21-9-11-23(12-10-21)26-14-13-25(3)17-26/h4-16H,17H2,1-3H3. The molecule has 1 heterocycles. The molecule has 2 heteroatoms. The van der Waals surface area contributed by atoms with Crippen LogP contribution in [-0.2, 0) is 0 Å². The number of aryl methyl sites for hydroxylation is 2. The summed E-state index contributed by atoms with van der Waals surface area (Å²) in [5.74, 6) is 0. The zero-order valence-electron chi connectivity index (χ0n) is 15.6. The maximum Gasteiger partial charge on any atom is 0.0938 e. The van der Waals surface area contributed by atoms with Gasteiger partial charge in [0.05, 0.1) is 6.67 Å². The zero-order chi connectivity index (χ0) is 18.1. The van der Waals surface area contributed by atoms with Crippen LogP contribution < -0.4 is 4.90 Å². The van der Waals surface area contributed by atoms with Crippen molar-refractivity contribution in [3.63, 3.8) is 0 Å². The summed E-state index contributed by atoms with van der Waals surface area (Å²) in [6, 6.07) is 24.1. The summed E-state index contributed by atoms with van der Waals surface area (Å²) < 4.78 is 0. The quantitative estimate of drug-likeness (QED) is 0.593. The number of nitrogens with zero attached hydrogens (tertiary/aromatic N) is 2. The molecule has 0 bridgehead atoms. The van der Waals surface area contributed by atoms with Gasteiger partial charge in [-0.05, 0) is 59.4 Å². The summed E-state index contributed by atoms with van der Waals surface area (Å²) in [7, 11) is 2.09. The van der Waals surface area contributed by atoms with Crippen molar-refractivity contribution in [2.45, 2.75) is 13.8 Å². The molecule has 26 heavy (non-hydrogen) atoms. The highest BCUT2D eigenvalue weighted by atomic mass is 15.3. The topological polar surface area (TPSA) is 6.48 Å². The van der Waals surface area contributed by atoms with E-state index in [2.05, 4.69) is 110 Å². The number of rotatable bonds is 3. The molecule has 130 valence electrons. The van der Waals surface area contributed by atoms with Crippen molar-refractivity contribution in [3.05, 3.63) is 90.3 Å². The Morgan fingerprint density at radius 1 is 0.692 bits per heavy atom. The van der Waals surface area contributed by atoms with Crippen LogP contribution >= 0.6 is 0 Å². The SMILES string of the molecule is Cc1cc(-c2ccccc2)cc(C)c1-c1ccc(N2C=CN(C)C2)cc1. The molecule has 3 aromatic carbocycles. The van der Waals surface area contributed by atoms with Gasteiger partial charge in [0.2, 0.25) is 0 Å². The van der Waals surface area contributed by atoms with Gasteiger partial charge in [-0.3, -0.25) is 0 Å². The summed E-state index contributed by atoms with van der Waals surface area (Å²) in [6.45, 7) is 5.32. The molecule has 0 N–H and O–H groups in total. The van der Waals surface area contributed by atoms with E-state index >= 15 is 0 Å². The summed E-state index contributed by atoms with van der Waals surface area (Å²) >= 11 is 0. The largest absolute Gasteiger partial charge is 0.361 e. The molecule has 0 aromatic heterocycles. The lowest BCUT2D eigenvalue weighted by Crippen LogP contribution is -2.21. The van der Waals surface area contributed by atoms with E-state index in [9.17, 15) is 0 Å². The van der Waals surface area contributed by atoms with Crippen molar-refractivity contribution >= 4 is 5.69 Å². The maximum atomic E-state index is 2.30. The third-order valence-corrected chi connectivity index (χ3v) is 5.00. The predicted octanol–water partition coefficient (Wildman–Crippen LogP) is 5.82. The molecule has 2 nitrogen and oxygen atoms in total. The smallest absolute Gasteiger partial charge is 0.0938 e. The summed E-state index contributed by atoms with van der Waals surface area (Å²) in [4.78, 5) is 4.42. The molecule has 0 saturated carbocycles. The second kappa shape index (κ2) is 6.72. The molecule has 3 aromatic rings. The van der Waals surface area contributed by atoms with Gasteiger partial charge in [-0.1, -0.05) is 54.6 Å². The van der Waals surface area contributed by atoms with Gasteiger partial charge in [0.15, 0.2) is 0 Å². The summed E-state index contributed by atoms with van der Waals surface area (Å²) in [5.41, 5.74) is 9.03. The lowest BCUT2D eigenvalue weighted by molar-refractivity contribution is 0.496. The normalized spacial score (nSPS) is 13.5. The first kappa shape index (κ1) is 16.5. The highest BCUT2D eigenvalue weighted by Crippen LogP contribution is 2.33. The van der Waals surface area contributed by atoms with Crippen molar-refractivity contribution in [3.8, 4) is 22.3 Å². The van der Waals surface area contributed by atoms with E-state index in [1.54, 1.807) is 0 Å². The first-order chi connectivity index (χ1) is 12.6. The van der Waals surface area contributed by atoms with Crippen LogP contribution in [0.1, 0.15) is 11.1 Å². The first-order valence-electron chi connectivity index (χ1n) is 9.04. The van der Waals surface area contributed by atoms with Gasteiger partial charge in [0.1, 0.15) is 0 Å². The minimum absolute atomic E-state index is 0.906. The summed E-state index contributed by atoms with van der Waals surface area (Å²) in [5, 5.41) is 0. The zero-order valence-corrected chi connectivity index (χ0v) is 15.6. The van der Waals surface area contributed by atoms with Crippen molar-refractivity contribution in [2.75, 3.05) is 18.6 Å². The van der Waals surface area contributed by atoms with Gasteiger partial charge in [-0.25, -0.2) is 0 Å². The Morgan fingerprint density at radius 2 is 1.35 bits per heavy atom. The number of hydrogen-bond donors (Lipinski definition) is 0. The third kappa shape index (κ3) is 3.11. The van der Waals surface area contributed by atoms with E-state index in [0.29, 0.717) is 0 Å². The average Bonchev–Trinajstić information content (AvgIpc) is 3.09. The van der Waals surface area contributed by atoms with Crippen LogP contribution in [-0.4, -0.2) is 18.6 Å². The third-order valence-electron chi connectivity index (χ3n) is 5.00. The lowest BCUT2D eigenvalue weighted by atomic mass is 9.91. The van der Waals surface area contributed by atoms with Crippen LogP contribution in [0.25, 0.3) is 22.3 Å². The molecule has 1 aliphatic rings. The minimum atomic E-state index is 0.906. The second-order valence-electron chi connectivity index (χ2n) is 7.06. The lowest BCUT2D eigenvalue weighted by Gasteiger charge is -2.19. The van der Waals surface area contributed by atoms with E-state index in [-0.39, 0.29) is 0 Å². The Morgan fingerprint density at radius 3 is 1.92 bits per heavy atom. The highest BCUT2D eigenvalue weighted by molar-refractivity contribution is 5.77. The number of benzene rings is 3. The van der Waals surface area contributed by atoms with Crippen molar-refractivity contribution in [1.29, 1.82) is 0 Å². The van der Waals surface area contributed by atoms with Gasteiger partial charge in [0, 0.05) is 25.1 Å². The fourth-order valence-corrected chi connectivity index (χ4v) is 3.73. The van der Waals surface area contributed by atoms with E-state index in [1.807, 2.05) is 0 Å². The molecule has 0 aliphatic carbocycles. The predicted molar refractivity (Wildman–Crippen MR) is 111 cm³/mol. The van der Waals surface area contributed by atoms with Gasteiger partial charge < -0.3 is 9.80 Å². The maximum absolute atomic E-state index is 2.30. The Labute approximate surface area is 156 Å². The van der Waals surface area contributed by atoms with Crippen molar-refractivity contribution in [1.82, 2.24) is 4.90 Å². The Bertz CT molecular complexity index is 917. The van der Waals surface area contributed by atoms with Gasteiger partial charge in [0.25, 0.3) is 0 Å². The Balaban J connectivity index is 1.66. The monoisotopic (exact) mass is 340 g/mol. The van der Waals surface area contributed by atoms with Crippen LogP contribution in [0.15, 0.2) is 79.1 Å². The van der Waals surface area contributed by atoms with Crippen LogP contribution in [0.2, 0.25) is 0 Å². The van der Waals surface area contributed by atoms with Crippen LogP contribution in [0, 0.1) is 13.8 Å². The van der Waals surface area contributed by atoms with Gasteiger partial charge in [-0.2, -0.15) is 0 Å². The first-order valence-corrected chi connectivity index (χ1v) is 9.04. The fourth-order valence-electron chi connectivity index (χ4n) is 3.73. The minimum Gasteiger partial charge on any atom is -0.361 e. The van der Waals surface area contributed by atoms with Crippen LogP contribution in [0.3, 0.4) is 0 Å². The molecular weight excluding hydrogens is 316 g/mol. The van der Waals surface area contributed by atoms with Crippen LogP contribution in [0.5, 0.6) is 0 Å². The molecular formula is C24H24N2. The molecule has 0 saturated heterocycles. The van der Waals surface area contributed by atoms with Gasteiger partial charge >= 0.3 is 0 Å². The number of hydrogen-bond acceptors (Lipinski definition) is 2. The molecule has 4 rings (SSSR count). The molecule has 1 aliphatic heterocycles. The van der Waals surface area contributed by atoms with Crippen molar-refractivity contribution in [2.24, 2.45) is 0 Å². The second-order valence-corrected chi connectivity index (χ2v) is 7.06. The number of anilines is 1. The van der Waals surface area contributed by atoms with E-state index in [0.717, 1.165) is 6.67 Å². The molecule has 0 fully saturated rings. The van der Waals surface area contributed by atoms with E-state index in [1.165, 1.54) is 39.1 Å². The average molecular weight is 340 g/mol. The molecule has 0 unspecified atom stereocenters. The highest BCUT2D eigenvalue weighted by Gasteiger charge is 2.12. The molecule has 0 atom stereocenters.